The summed E-state index contributed by atoms with van der Waals surface area (Å²) in [7, 11) is 0. The zero-order chi connectivity index (χ0) is 62.6. The van der Waals surface area contributed by atoms with Crippen LogP contribution in [0.3, 0.4) is 0 Å². The molecule has 3 heterocycles. The van der Waals surface area contributed by atoms with E-state index in [4.69, 9.17) is 9.97 Å². The van der Waals surface area contributed by atoms with Crippen molar-refractivity contribution in [1.82, 2.24) is 9.97 Å². The quantitative estimate of drug-likeness (QED) is 0.0568. The van der Waals surface area contributed by atoms with Crippen molar-refractivity contribution in [2.45, 2.75) is 239 Å². The van der Waals surface area contributed by atoms with E-state index in [1.807, 2.05) is 83.1 Å². The molecule has 7 aromatic rings. The fourth-order valence-corrected chi connectivity index (χ4v) is 11.6. The van der Waals surface area contributed by atoms with Gasteiger partial charge in [0.1, 0.15) is 11.5 Å². The van der Waals surface area contributed by atoms with Crippen molar-refractivity contribution in [3.8, 4) is 22.5 Å². The number of aliphatic hydroxyl groups excluding tert-OH is 2. The molecule has 0 unspecified atom stereocenters. The van der Waals surface area contributed by atoms with Crippen LogP contribution in [0.15, 0.2) is 96.5 Å². The Morgan fingerprint density at radius 2 is 0.718 bits per heavy atom. The van der Waals surface area contributed by atoms with Gasteiger partial charge in [0, 0.05) is 86.7 Å². The number of allylic oxidation sites excluding steroid dienone is 4. The number of benzene rings is 4. The largest absolute Gasteiger partial charge is 0.512 e. The van der Waals surface area contributed by atoms with E-state index in [-0.39, 0.29) is 109 Å². The smallest absolute Gasteiger partial charge is 0.164 e. The summed E-state index contributed by atoms with van der Waals surface area (Å²) < 4.78 is 2.39. The van der Waals surface area contributed by atoms with Gasteiger partial charge in [0.2, 0.25) is 0 Å². The van der Waals surface area contributed by atoms with Gasteiger partial charge in [-0.15, -0.1) is 58.3 Å². The molecule has 0 aliphatic carbocycles. The molecule has 0 spiro atoms. The molecule has 0 radical (unpaired) electrons. The molecule has 0 aliphatic heterocycles. The number of nitrogens with zero attached hydrogens (tertiary/aromatic N) is 2. The number of rotatable bonds is 16. The van der Waals surface area contributed by atoms with Crippen molar-refractivity contribution in [1.29, 1.82) is 0 Å². The fourth-order valence-electron chi connectivity index (χ4n) is 10.3. The van der Waals surface area contributed by atoms with Crippen molar-refractivity contribution in [3.05, 3.63) is 131 Å². The van der Waals surface area contributed by atoms with Gasteiger partial charge >= 0.3 is 0 Å². The molecule has 0 saturated carbocycles. The van der Waals surface area contributed by atoms with Crippen molar-refractivity contribution in [2.24, 2.45) is 21.7 Å². The Kier molecular flexibility index (Phi) is 25.5. The maximum absolute atomic E-state index is 12.2. The summed E-state index contributed by atoms with van der Waals surface area (Å²) in [6.07, 6.45) is 9.51. The van der Waals surface area contributed by atoms with Crippen molar-refractivity contribution < 1.29 is 61.9 Å². The molecule has 9 heteroatoms. The van der Waals surface area contributed by atoms with Gasteiger partial charge in [0.25, 0.3) is 0 Å². The summed E-state index contributed by atoms with van der Waals surface area (Å²) in [5, 5.41) is 25.1. The monoisotopic (exact) mass is 1530 g/mol. The minimum Gasteiger partial charge on any atom is -0.512 e. The van der Waals surface area contributed by atoms with Crippen LogP contribution < -0.4 is 0 Å². The molecule has 6 nitrogen and oxygen atoms in total. The number of fused-ring (bicyclic) bond motifs is 5. The SMILES string of the molecule is CC(C)(C)c1cc(C(C)(C)C)c2ccc(-c3[c-]ccc4c3sc3c(-c5ccc6c(C(C)(C)C)cc(C(C)(C)C)cc6n5)[c-]ccc34)nc2c1.CCC(C)(CC)C(=O)/C=C(\O)C(C)(CC)CC.CCC(C)(CC)C(=O)/C=C(\O)C(C)(CC)CC.[Pt].[Pt]. The number of pyridine rings is 2. The molecular formula is C76H104N2O4Pt2S-2. The van der Waals surface area contributed by atoms with Crippen LogP contribution in [-0.2, 0) is 73.4 Å². The molecule has 0 bridgehead atoms. The second kappa shape index (κ2) is 28.9. The minimum atomic E-state index is -0.337. The van der Waals surface area contributed by atoms with Gasteiger partial charge in [-0.05, 0) is 119 Å². The molecule has 7 rings (SSSR count). The Bertz CT molecular complexity index is 3270. The number of aliphatic hydroxyl groups is 2. The van der Waals surface area contributed by atoms with Crippen LogP contribution in [0.25, 0.3) is 64.5 Å². The first-order valence-electron chi connectivity index (χ1n) is 31.0. The summed E-state index contributed by atoms with van der Waals surface area (Å²) in [6.45, 7) is 51.6. The van der Waals surface area contributed by atoms with Crippen molar-refractivity contribution in [2.75, 3.05) is 0 Å². The first kappa shape index (κ1) is 75.0. The van der Waals surface area contributed by atoms with E-state index in [9.17, 15) is 19.8 Å². The second-order valence-electron chi connectivity index (χ2n) is 28.7. The maximum atomic E-state index is 12.2. The minimum absolute atomic E-state index is 0. The molecule has 0 atom stereocenters. The summed E-state index contributed by atoms with van der Waals surface area (Å²) in [6, 6.07) is 33.9. The molecule has 0 saturated heterocycles. The first-order chi connectivity index (χ1) is 38.4. The van der Waals surface area contributed by atoms with Crippen molar-refractivity contribution in [3.63, 3.8) is 0 Å². The van der Waals surface area contributed by atoms with E-state index in [1.165, 1.54) is 65.4 Å². The van der Waals surface area contributed by atoms with Gasteiger partial charge < -0.3 is 10.2 Å². The number of hydrogen-bond acceptors (Lipinski definition) is 7. The van der Waals surface area contributed by atoms with Gasteiger partial charge in [0.05, 0.1) is 11.0 Å². The molecule has 3 aromatic heterocycles. The Morgan fingerprint density at radius 3 is 0.976 bits per heavy atom. The Labute approximate surface area is 546 Å². The third-order valence-electron chi connectivity index (χ3n) is 19.1. The van der Waals surface area contributed by atoms with Crippen LogP contribution in [0.1, 0.15) is 240 Å². The Hall–Kier alpha value is -4.28. The number of thiophene rings is 1. The van der Waals surface area contributed by atoms with Gasteiger partial charge in [-0.25, -0.2) is 11.3 Å². The van der Waals surface area contributed by atoms with Crippen LogP contribution in [-0.4, -0.2) is 31.7 Å². The van der Waals surface area contributed by atoms with Crippen LogP contribution in [0, 0.1) is 33.8 Å². The van der Waals surface area contributed by atoms with Gasteiger partial charge in [-0.2, -0.15) is 0 Å². The van der Waals surface area contributed by atoms with E-state index in [0.29, 0.717) is 0 Å². The third kappa shape index (κ3) is 16.7. The molecule has 2 N–H and O–H groups in total. The third-order valence-corrected chi connectivity index (χ3v) is 20.3. The molecule has 0 amide bonds. The van der Waals surface area contributed by atoms with Crippen LogP contribution in [0.5, 0.6) is 0 Å². The first-order valence-corrected chi connectivity index (χ1v) is 31.8. The van der Waals surface area contributed by atoms with E-state index < -0.39 is 0 Å². The number of carbonyl (C=O) groups is 2. The molecule has 85 heavy (non-hydrogen) atoms. The van der Waals surface area contributed by atoms with Gasteiger partial charge in [0.15, 0.2) is 11.6 Å². The number of aromatic nitrogens is 2. The Morgan fingerprint density at radius 1 is 0.424 bits per heavy atom. The fraction of sp³-hybridized carbons (Fsp3) is 0.526. The zero-order valence-electron chi connectivity index (χ0n) is 56.4. The van der Waals surface area contributed by atoms with Crippen LogP contribution in [0.4, 0.5) is 0 Å². The molecule has 0 aliphatic rings. The normalized spacial score (nSPS) is 13.2. The molecule has 0 fully saturated rings. The van der Waals surface area contributed by atoms with E-state index in [0.717, 1.165) is 84.9 Å². The van der Waals surface area contributed by atoms with Gasteiger partial charge in [-0.1, -0.05) is 212 Å². The summed E-state index contributed by atoms with van der Waals surface area (Å²) in [4.78, 5) is 35.0. The molecular weight excluding hydrogens is 1430 g/mol. The second-order valence-corrected chi connectivity index (χ2v) is 29.7. The summed E-state index contributed by atoms with van der Waals surface area (Å²) >= 11 is 1.80. The van der Waals surface area contributed by atoms with Crippen LogP contribution in [0.2, 0.25) is 0 Å². The maximum Gasteiger partial charge on any atom is 0.164 e. The number of carbonyl (C=O) groups excluding carboxylic acids is 2. The zero-order valence-corrected chi connectivity index (χ0v) is 61.7. The van der Waals surface area contributed by atoms with E-state index in [1.54, 1.807) is 11.3 Å². The van der Waals surface area contributed by atoms with E-state index in [2.05, 4.69) is 168 Å². The number of ketones is 2. The average molecular weight is 1530 g/mol. The van der Waals surface area contributed by atoms with Crippen LogP contribution >= 0.6 is 11.3 Å². The predicted octanol–water partition coefficient (Wildman–Crippen LogP) is 22.6. The van der Waals surface area contributed by atoms with E-state index >= 15 is 0 Å². The van der Waals surface area contributed by atoms with Crippen molar-refractivity contribution >= 4 is 64.9 Å². The van der Waals surface area contributed by atoms with Gasteiger partial charge in [-0.3, -0.25) is 19.6 Å². The Balaban J connectivity index is 0.000000435. The molecule has 4 aromatic carbocycles. The topological polar surface area (TPSA) is 100 Å². The number of hydrogen-bond donors (Lipinski definition) is 2. The average Bonchev–Trinajstić information content (AvgIpc) is 2.37. The predicted molar refractivity (Wildman–Crippen MR) is 359 cm³/mol. The summed E-state index contributed by atoms with van der Waals surface area (Å²) in [5.41, 5.74) is 10.2. The summed E-state index contributed by atoms with van der Waals surface area (Å²) in [5.74, 6) is 0.572. The standard InChI is InChI=1S/C46H48N2S.2C15H28O2.2Pt/c1-43(2,3)27-23-35(45(7,8)9)31-19-21-37(47-39(31)25-27)33-17-13-15-29-30-16-14-18-34(42(30)49-41(29)33)38-22-20-32-36(46(10,11)12)24-28(44(4,5)6)26-40(32)48-38;2*1-7-14(5,8-2)12(16)11-13(17)15(6,9-3)10-4;;/h13-16,19-26H,1-12H3;2*11,16H,7-10H2,1-6H3;;/q-2;;;;/b;2*12-11-;;. The molecule has 470 valence electrons.